The third kappa shape index (κ3) is 4.75. The van der Waals surface area contributed by atoms with Crippen molar-refractivity contribution in [1.82, 2.24) is 5.32 Å². The number of hydrogen-bond acceptors (Lipinski definition) is 3. The van der Waals surface area contributed by atoms with Gasteiger partial charge in [0.15, 0.2) is 0 Å². The molecular formula is C12H25NOS. The van der Waals surface area contributed by atoms with Gasteiger partial charge >= 0.3 is 0 Å². The van der Waals surface area contributed by atoms with Gasteiger partial charge in [-0.05, 0) is 44.2 Å². The monoisotopic (exact) mass is 231 g/mol. The molecule has 2 N–H and O–H groups in total. The number of rotatable bonds is 7. The highest BCUT2D eigenvalue weighted by Crippen LogP contribution is 2.27. The Morgan fingerprint density at radius 2 is 1.93 bits per heavy atom. The molecule has 0 radical (unpaired) electrons. The summed E-state index contributed by atoms with van der Waals surface area (Å²) in [5.74, 6) is 1.26. The maximum Gasteiger partial charge on any atom is 0.0613 e. The first-order valence-electron chi connectivity index (χ1n) is 6.18. The molecule has 0 aromatic rings. The Hall–Kier alpha value is 0.270. The topological polar surface area (TPSA) is 32.3 Å². The molecule has 0 amide bonds. The van der Waals surface area contributed by atoms with Gasteiger partial charge in [0.2, 0.25) is 0 Å². The number of aliphatic hydroxyl groups is 1. The van der Waals surface area contributed by atoms with E-state index >= 15 is 0 Å². The van der Waals surface area contributed by atoms with Gasteiger partial charge in [0.25, 0.3) is 0 Å². The first-order valence-corrected chi connectivity index (χ1v) is 7.57. The van der Waals surface area contributed by atoms with Crippen LogP contribution >= 0.6 is 11.8 Å². The molecule has 0 bridgehead atoms. The zero-order chi connectivity index (χ0) is 11.0. The maximum absolute atomic E-state index is 9.48. The minimum atomic E-state index is 0.0671. The lowest BCUT2D eigenvalue weighted by atomic mass is 9.82. The van der Waals surface area contributed by atoms with Gasteiger partial charge in [-0.3, -0.25) is 0 Å². The summed E-state index contributed by atoms with van der Waals surface area (Å²) < 4.78 is 0. The highest BCUT2D eigenvalue weighted by molar-refractivity contribution is 7.98. The smallest absolute Gasteiger partial charge is 0.0613 e. The summed E-state index contributed by atoms with van der Waals surface area (Å²) in [6, 6.07) is 0. The van der Waals surface area contributed by atoms with Crippen molar-refractivity contribution < 1.29 is 5.11 Å². The average molecular weight is 231 g/mol. The molecule has 0 aromatic heterocycles. The van der Waals surface area contributed by atoms with E-state index in [1.54, 1.807) is 0 Å². The molecule has 0 aliphatic heterocycles. The van der Waals surface area contributed by atoms with Crippen LogP contribution in [0.15, 0.2) is 0 Å². The van der Waals surface area contributed by atoms with Crippen molar-refractivity contribution in [2.45, 2.75) is 50.5 Å². The fourth-order valence-electron chi connectivity index (χ4n) is 2.34. The van der Waals surface area contributed by atoms with Gasteiger partial charge in [-0.2, -0.15) is 11.8 Å². The first-order chi connectivity index (χ1) is 7.33. The molecule has 0 heterocycles. The van der Waals surface area contributed by atoms with Gasteiger partial charge in [0.1, 0.15) is 0 Å². The number of nitrogens with one attached hydrogen (secondary N) is 1. The van der Waals surface area contributed by atoms with Crippen LogP contribution < -0.4 is 5.32 Å². The molecule has 1 saturated carbocycles. The number of unbranched alkanes of at least 4 members (excludes halogenated alkanes) is 1. The summed E-state index contributed by atoms with van der Waals surface area (Å²) in [6.45, 7) is 1.39. The molecule has 0 atom stereocenters. The summed E-state index contributed by atoms with van der Waals surface area (Å²) >= 11 is 1.92. The standard InChI is InChI=1S/C12H25NOS/c1-15-10-6-5-9-13-12(11-14)7-3-2-4-8-12/h13-14H,2-11H2,1H3. The van der Waals surface area contributed by atoms with Crippen LogP contribution in [0.3, 0.4) is 0 Å². The molecule has 2 nitrogen and oxygen atoms in total. The van der Waals surface area contributed by atoms with Crippen molar-refractivity contribution in [3.8, 4) is 0 Å². The average Bonchev–Trinajstić information content (AvgIpc) is 2.30. The molecule has 1 fully saturated rings. The lowest BCUT2D eigenvalue weighted by Crippen LogP contribution is -2.50. The van der Waals surface area contributed by atoms with E-state index in [4.69, 9.17) is 0 Å². The second-order valence-corrected chi connectivity index (χ2v) is 5.61. The van der Waals surface area contributed by atoms with Crippen molar-refractivity contribution in [3.05, 3.63) is 0 Å². The molecule has 90 valence electrons. The van der Waals surface area contributed by atoms with E-state index in [2.05, 4.69) is 11.6 Å². The van der Waals surface area contributed by atoms with Crippen molar-refractivity contribution >= 4 is 11.8 Å². The van der Waals surface area contributed by atoms with Crippen molar-refractivity contribution in [2.75, 3.05) is 25.2 Å². The van der Waals surface area contributed by atoms with Gasteiger partial charge in [-0.1, -0.05) is 19.3 Å². The van der Waals surface area contributed by atoms with Crippen molar-refractivity contribution in [2.24, 2.45) is 0 Å². The Morgan fingerprint density at radius 1 is 1.20 bits per heavy atom. The minimum absolute atomic E-state index is 0.0671. The second-order valence-electron chi connectivity index (χ2n) is 4.63. The highest BCUT2D eigenvalue weighted by Gasteiger charge is 2.30. The molecule has 0 saturated heterocycles. The predicted molar refractivity (Wildman–Crippen MR) is 68.5 cm³/mol. The van der Waals surface area contributed by atoms with E-state index in [1.165, 1.54) is 37.9 Å². The van der Waals surface area contributed by atoms with E-state index in [1.807, 2.05) is 11.8 Å². The molecular weight excluding hydrogens is 206 g/mol. The van der Waals surface area contributed by atoms with Gasteiger partial charge in [0, 0.05) is 5.54 Å². The van der Waals surface area contributed by atoms with E-state index in [0.717, 1.165) is 19.4 Å². The van der Waals surface area contributed by atoms with E-state index in [-0.39, 0.29) is 5.54 Å². The normalized spacial score (nSPS) is 20.4. The van der Waals surface area contributed by atoms with Crippen LogP contribution in [0, 0.1) is 0 Å². The molecule has 3 heteroatoms. The maximum atomic E-state index is 9.48. The zero-order valence-corrected chi connectivity index (χ0v) is 10.7. The molecule has 1 aliphatic rings. The highest BCUT2D eigenvalue weighted by atomic mass is 32.2. The van der Waals surface area contributed by atoms with Crippen LogP contribution in [0.2, 0.25) is 0 Å². The molecule has 0 unspecified atom stereocenters. The molecule has 1 rings (SSSR count). The SMILES string of the molecule is CSCCCCNC1(CO)CCCCC1. The number of thioether (sulfide) groups is 1. The summed E-state index contributed by atoms with van der Waals surface area (Å²) in [5, 5.41) is 13.1. The van der Waals surface area contributed by atoms with Gasteiger partial charge in [-0.15, -0.1) is 0 Å². The Morgan fingerprint density at radius 3 is 2.53 bits per heavy atom. The fraction of sp³-hybridized carbons (Fsp3) is 1.00. The lowest BCUT2D eigenvalue weighted by molar-refractivity contribution is 0.121. The summed E-state index contributed by atoms with van der Waals surface area (Å²) in [4.78, 5) is 0. The Balaban J connectivity index is 2.15. The fourth-order valence-corrected chi connectivity index (χ4v) is 2.84. The summed E-state index contributed by atoms with van der Waals surface area (Å²) in [5.41, 5.74) is 0.0671. The Bertz CT molecular complexity index is 158. The molecule has 15 heavy (non-hydrogen) atoms. The quantitative estimate of drug-likeness (QED) is 0.660. The van der Waals surface area contributed by atoms with Crippen LogP contribution in [-0.2, 0) is 0 Å². The third-order valence-electron chi connectivity index (χ3n) is 3.39. The molecule has 0 spiro atoms. The molecule has 1 aliphatic carbocycles. The van der Waals surface area contributed by atoms with Crippen LogP contribution in [0.4, 0.5) is 0 Å². The molecule has 0 aromatic carbocycles. The van der Waals surface area contributed by atoms with E-state index < -0.39 is 0 Å². The Kier molecular flexibility index (Phi) is 6.69. The van der Waals surface area contributed by atoms with Gasteiger partial charge in [-0.25, -0.2) is 0 Å². The van der Waals surface area contributed by atoms with Crippen molar-refractivity contribution in [1.29, 1.82) is 0 Å². The summed E-state index contributed by atoms with van der Waals surface area (Å²) in [7, 11) is 0. The number of aliphatic hydroxyl groups excluding tert-OH is 1. The largest absolute Gasteiger partial charge is 0.394 e. The van der Waals surface area contributed by atoms with Crippen LogP contribution in [0.1, 0.15) is 44.9 Å². The lowest BCUT2D eigenvalue weighted by Gasteiger charge is -2.36. The van der Waals surface area contributed by atoms with E-state index in [9.17, 15) is 5.11 Å². The van der Waals surface area contributed by atoms with Crippen molar-refractivity contribution in [3.63, 3.8) is 0 Å². The second kappa shape index (κ2) is 7.53. The van der Waals surface area contributed by atoms with Crippen LogP contribution in [0.5, 0.6) is 0 Å². The Labute approximate surface area is 98.2 Å². The van der Waals surface area contributed by atoms with Crippen LogP contribution in [0.25, 0.3) is 0 Å². The zero-order valence-electron chi connectivity index (χ0n) is 9.93. The summed E-state index contributed by atoms with van der Waals surface area (Å²) in [6.07, 6.45) is 10.9. The van der Waals surface area contributed by atoms with Gasteiger partial charge in [0.05, 0.1) is 6.61 Å². The van der Waals surface area contributed by atoms with E-state index in [0.29, 0.717) is 6.61 Å². The van der Waals surface area contributed by atoms with Crippen LogP contribution in [-0.4, -0.2) is 35.8 Å². The minimum Gasteiger partial charge on any atom is -0.394 e. The first kappa shape index (κ1) is 13.3. The van der Waals surface area contributed by atoms with Gasteiger partial charge < -0.3 is 10.4 Å². The third-order valence-corrected chi connectivity index (χ3v) is 4.09. The number of hydrogen-bond donors (Lipinski definition) is 2. The predicted octanol–water partition coefficient (Wildman–Crippen LogP) is 2.41.